The van der Waals surface area contributed by atoms with Gasteiger partial charge >= 0.3 is 0 Å². The minimum absolute atomic E-state index is 0. The number of aryl methyl sites for hydroxylation is 1. The van der Waals surface area contributed by atoms with Crippen molar-refractivity contribution >= 4 is 29.9 Å². The Balaban J connectivity index is 0.00000529. The van der Waals surface area contributed by atoms with Gasteiger partial charge in [-0.15, -0.1) is 12.4 Å². The highest BCUT2D eigenvalue weighted by molar-refractivity contribution is 5.99. The van der Waals surface area contributed by atoms with Crippen molar-refractivity contribution in [3.8, 4) is 0 Å². The summed E-state index contributed by atoms with van der Waals surface area (Å²) in [6.45, 7) is 9.94. The molecule has 0 atom stereocenters. The monoisotopic (exact) mass is 355 g/mol. The normalized spacial score (nSPS) is 11.0. The standard InChI is InChI=1S/C18H29N3O2.ClH/c1-6-18(7-2,11-19)17(23)21-14-9-8-13(5)15(10-14)16(22)20-12(3)4;/h8-10,12H,6-7,11,19H2,1-5H3,(H,20,22)(H,21,23);1H. The average Bonchev–Trinajstić information content (AvgIpc) is 2.50. The molecule has 6 heteroatoms. The van der Waals surface area contributed by atoms with Crippen LogP contribution in [0.3, 0.4) is 0 Å². The number of hydrogen-bond donors (Lipinski definition) is 3. The molecule has 0 saturated heterocycles. The molecule has 1 rings (SSSR count). The van der Waals surface area contributed by atoms with Gasteiger partial charge in [0.25, 0.3) is 5.91 Å². The van der Waals surface area contributed by atoms with Crippen molar-refractivity contribution in [1.29, 1.82) is 0 Å². The molecule has 1 aromatic carbocycles. The zero-order chi connectivity index (χ0) is 17.6. The second-order valence-corrected chi connectivity index (χ2v) is 6.30. The lowest BCUT2D eigenvalue weighted by molar-refractivity contribution is -0.125. The van der Waals surface area contributed by atoms with Crippen molar-refractivity contribution in [2.45, 2.75) is 53.5 Å². The van der Waals surface area contributed by atoms with Crippen LogP contribution in [0.25, 0.3) is 0 Å². The lowest BCUT2D eigenvalue weighted by Crippen LogP contribution is -2.41. The van der Waals surface area contributed by atoms with Gasteiger partial charge in [-0.1, -0.05) is 19.9 Å². The molecule has 0 saturated carbocycles. The summed E-state index contributed by atoms with van der Waals surface area (Å²) in [7, 11) is 0. The molecule has 4 N–H and O–H groups in total. The fraction of sp³-hybridized carbons (Fsp3) is 0.556. The quantitative estimate of drug-likeness (QED) is 0.701. The van der Waals surface area contributed by atoms with Crippen LogP contribution in [0.4, 0.5) is 5.69 Å². The van der Waals surface area contributed by atoms with Gasteiger partial charge in [-0.3, -0.25) is 9.59 Å². The lowest BCUT2D eigenvalue weighted by Gasteiger charge is -2.28. The Morgan fingerprint density at radius 2 is 1.79 bits per heavy atom. The average molecular weight is 356 g/mol. The summed E-state index contributed by atoms with van der Waals surface area (Å²) in [5.41, 5.74) is 7.32. The highest BCUT2D eigenvalue weighted by atomic mass is 35.5. The van der Waals surface area contributed by atoms with Gasteiger partial charge in [0.1, 0.15) is 0 Å². The van der Waals surface area contributed by atoms with E-state index in [1.807, 2.05) is 46.8 Å². The maximum atomic E-state index is 12.6. The fourth-order valence-electron chi connectivity index (χ4n) is 2.50. The molecule has 0 aliphatic carbocycles. The number of benzene rings is 1. The molecule has 0 aromatic heterocycles. The van der Waals surface area contributed by atoms with Crippen molar-refractivity contribution in [1.82, 2.24) is 5.32 Å². The predicted molar refractivity (Wildman–Crippen MR) is 102 cm³/mol. The summed E-state index contributed by atoms with van der Waals surface area (Å²) >= 11 is 0. The fourth-order valence-corrected chi connectivity index (χ4v) is 2.50. The van der Waals surface area contributed by atoms with Crippen LogP contribution in [0, 0.1) is 12.3 Å². The first kappa shape index (κ1) is 22.4. The Kier molecular flexibility index (Phi) is 9.01. The first-order valence-corrected chi connectivity index (χ1v) is 8.22. The molecule has 0 unspecified atom stereocenters. The summed E-state index contributed by atoms with van der Waals surface area (Å²) < 4.78 is 0. The Bertz CT molecular complexity index is 561. The van der Waals surface area contributed by atoms with E-state index in [2.05, 4.69) is 10.6 Å². The van der Waals surface area contributed by atoms with E-state index < -0.39 is 5.41 Å². The zero-order valence-corrected chi connectivity index (χ0v) is 16.0. The highest BCUT2D eigenvalue weighted by Crippen LogP contribution is 2.27. The molecule has 0 heterocycles. The van der Waals surface area contributed by atoms with Crippen LogP contribution >= 0.6 is 12.4 Å². The number of anilines is 1. The minimum atomic E-state index is -0.564. The molecule has 0 radical (unpaired) electrons. The topological polar surface area (TPSA) is 84.2 Å². The van der Waals surface area contributed by atoms with Gasteiger partial charge in [0, 0.05) is 23.8 Å². The molecule has 136 valence electrons. The van der Waals surface area contributed by atoms with Gasteiger partial charge in [0.15, 0.2) is 0 Å². The second kappa shape index (κ2) is 9.64. The van der Waals surface area contributed by atoms with Gasteiger partial charge in [-0.25, -0.2) is 0 Å². The van der Waals surface area contributed by atoms with Gasteiger partial charge in [0.2, 0.25) is 5.91 Å². The molecule has 0 aliphatic rings. The molecule has 0 bridgehead atoms. The first-order chi connectivity index (χ1) is 10.8. The van der Waals surface area contributed by atoms with E-state index in [0.29, 0.717) is 30.6 Å². The SMILES string of the molecule is CCC(CC)(CN)C(=O)Nc1ccc(C)c(C(=O)NC(C)C)c1.Cl. The molecule has 0 spiro atoms. The third kappa shape index (κ3) is 5.21. The van der Waals surface area contributed by atoms with Gasteiger partial charge in [0.05, 0.1) is 5.41 Å². The second-order valence-electron chi connectivity index (χ2n) is 6.30. The molecule has 0 fully saturated rings. The number of amides is 2. The summed E-state index contributed by atoms with van der Waals surface area (Å²) in [6.07, 6.45) is 1.36. The van der Waals surface area contributed by atoms with Crippen molar-refractivity contribution in [2.24, 2.45) is 11.1 Å². The predicted octanol–water partition coefficient (Wildman–Crippen LogP) is 3.26. The van der Waals surface area contributed by atoms with E-state index in [1.54, 1.807) is 6.07 Å². The van der Waals surface area contributed by atoms with E-state index in [1.165, 1.54) is 0 Å². The molecular weight excluding hydrogens is 326 g/mol. The Labute approximate surface area is 151 Å². The van der Waals surface area contributed by atoms with E-state index in [4.69, 9.17) is 5.73 Å². The van der Waals surface area contributed by atoms with Crippen LogP contribution in [-0.4, -0.2) is 24.4 Å². The van der Waals surface area contributed by atoms with Crippen LogP contribution in [0.5, 0.6) is 0 Å². The van der Waals surface area contributed by atoms with E-state index in [0.717, 1.165) is 5.56 Å². The Morgan fingerprint density at radius 1 is 1.21 bits per heavy atom. The third-order valence-electron chi connectivity index (χ3n) is 4.39. The molecular formula is C18H30ClN3O2. The molecule has 1 aromatic rings. The van der Waals surface area contributed by atoms with Crippen molar-refractivity contribution < 1.29 is 9.59 Å². The Hall–Kier alpha value is -1.59. The van der Waals surface area contributed by atoms with Crippen molar-refractivity contribution in [3.05, 3.63) is 29.3 Å². The minimum Gasteiger partial charge on any atom is -0.350 e. The van der Waals surface area contributed by atoms with Crippen LogP contribution in [0.2, 0.25) is 0 Å². The molecule has 24 heavy (non-hydrogen) atoms. The zero-order valence-electron chi connectivity index (χ0n) is 15.2. The van der Waals surface area contributed by atoms with Crippen molar-refractivity contribution in [3.63, 3.8) is 0 Å². The summed E-state index contributed by atoms with van der Waals surface area (Å²) in [6, 6.07) is 5.43. The molecule has 0 aliphatic heterocycles. The van der Waals surface area contributed by atoms with E-state index in [9.17, 15) is 9.59 Å². The smallest absolute Gasteiger partial charge is 0.251 e. The Morgan fingerprint density at radius 3 is 2.25 bits per heavy atom. The summed E-state index contributed by atoms with van der Waals surface area (Å²) in [5.74, 6) is -0.228. The van der Waals surface area contributed by atoms with Gasteiger partial charge < -0.3 is 16.4 Å². The maximum absolute atomic E-state index is 12.6. The molecule has 5 nitrogen and oxygen atoms in total. The van der Waals surface area contributed by atoms with Gasteiger partial charge in [-0.2, -0.15) is 0 Å². The number of carbonyl (C=O) groups excluding carboxylic acids is 2. The van der Waals surface area contributed by atoms with Gasteiger partial charge in [-0.05, 0) is 51.3 Å². The number of carbonyl (C=O) groups is 2. The summed E-state index contributed by atoms with van der Waals surface area (Å²) in [4.78, 5) is 24.8. The number of halogens is 1. The maximum Gasteiger partial charge on any atom is 0.251 e. The van der Waals surface area contributed by atoms with E-state index in [-0.39, 0.29) is 30.3 Å². The van der Waals surface area contributed by atoms with Crippen LogP contribution in [-0.2, 0) is 4.79 Å². The van der Waals surface area contributed by atoms with Crippen molar-refractivity contribution in [2.75, 3.05) is 11.9 Å². The lowest BCUT2D eigenvalue weighted by atomic mass is 9.81. The van der Waals surface area contributed by atoms with Crippen LogP contribution in [0.1, 0.15) is 56.5 Å². The number of nitrogens with two attached hydrogens (primary N) is 1. The number of rotatable bonds is 7. The highest BCUT2D eigenvalue weighted by Gasteiger charge is 2.33. The number of hydrogen-bond acceptors (Lipinski definition) is 3. The first-order valence-electron chi connectivity index (χ1n) is 8.22. The van der Waals surface area contributed by atoms with E-state index >= 15 is 0 Å². The van der Waals surface area contributed by atoms with Crippen LogP contribution < -0.4 is 16.4 Å². The number of nitrogens with one attached hydrogen (secondary N) is 2. The third-order valence-corrected chi connectivity index (χ3v) is 4.39. The molecule has 2 amide bonds. The summed E-state index contributed by atoms with van der Waals surface area (Å²) in [5, 5.41) is 5.79. The van der Waals surface area contributed by atoms with Crippen LogP contribution in [0.15, 0.2) is 18.2 Å². The largest absolute Gasteiger partial charge is 0.350 e.